The molecular formula is C9H9N3O. The van der Waals surface area contributed by atoms with Crippen LogP contribution in [-0.2, 0) is 7.05 Å². The van der Waals surface area contributed by atoms with Crippen molar-refractivity contribution in [1.29, 1.82) is 0 Å². The lowest BCUT2D eigenvalue weighted by Crippen LogP contribution is -1.95. The summed E-state index contributed by atoms with van der Waals surface area (Å²) in [5, 5.41) is 4.86. The van der Waals surface area contributed by atoms with Crippen molar-refractivity contribution >= 4 is 16.8 Å². The van der Waals surface area contributed by atoms with E-state index in [1.54, 1.807) is 37.1 Å². The number of carbonyl (C=O) groups is 1. The molecule has 0 saturated heterocycles. The molecule has 0 amide bonds. The first kappa shape index (κ1) is 7.91. The van der Waals surface area contributed by atoms with E-state index in [-0.39, 0.29) is 5.78 Å². The molecule has 0 aliphatic rings. The van der Waals surface area contributed by atoms with E-state index >= 15 is 0 Å². The fraction of sp³-hybridized carbons (Fsp3) is 0.222. The lowest BCUT2D eigenvalue weighted by atomic mass is 10.1. The summed E-state index contributed by atoms with van der Waals surface area (Å²) in [5.74, 6) is 0.0420. The summed E-state index contributed by atoms with van der Waals surface area (Å²) in [6.07, 6.45) is 3.29. The second kappa shape index (κ2) is 2.65. The van der Waals surface area contributed by atoms with Crippen molar-refractivity contribution < 1.29 is 4.79 Å². The van der Waals surface area contributed by atoms with Gasteiger partial charge in [-0.05, 0) is 13.0 Å². The standard InChI is InChI=1S/C9H9N3O/c1-6(13)7-3-4-10-9-8(7)5-11-12(9)2/h3-5H,1-2H3. The second-order valence-corrected chi connectivity index (χ2v) is 2.92. The molecule has 0 saturated carbocycles. The van der Waals surface area contributed by atoms with Gasteiger partial charge < -0.3 is 0 Å². The van der Waals surface area contributed by atoms with Gasteiger partial charge in [0.25, 0.3) is 0 Å². The molecule has 0 fully saturated rings. The molecule has 0 N–H and O–H groups in total. The highest BCUT2D eigenvalue weighted by atomic mass is 16.1. The van der Waals surface area contributed by atoms with Crippen LogP contribution in [0, 0.1) is 0 Å². The number of pyridine rings is 1. The molecule has 0 spiro atoms. The third-order valence-electron chi connectivity index (χ3n) is 2.01. The van der Waals surface area contributed by atoms with Crippen LogP contribution < -0.4 is 0 Å². The Bertz CT molecular complexity index is 473. The van der Waals surface area contributed by atoms with Crippen LogP contribution in [0.2, 0.25) is 0 Å². The largest absolute Gasteiger partial charge is 0.294 e. The number of Topliss-reactive ketones (excluding diaryl/α,β-unsaturated/α-hetero) is 1. The summed E-state index contributed by atoms with van der Waals surface area (Å²) in [7, 11) is 1.80. The smallest absolute Gasteiger partial charge is 0.160 e. The summed E-state index contributed by atoms with van der Waals surface area (Å²) >= 11 is 0. The minimum Gasteiger partial charge on any atom is -0.294 e. The minimum atomic E-state index is 0.0420. The molecule has 0 atom stereocenters. The Morgan fingerprint density at radius 2 is 2.31 bits per heavy atom. The van der Waals surface area contributed by atoms with Crippen LogP contribution in [0.4, 0.5) is 0 Å². The van der Waals surface area contributed by atoms with Gasteiger partial charge >= 0.3 is 0 Å². The Balaban J connectivity index is 2.84. The first-order chi connectivity index (χ1) is 6.20. The fourth-order valence-corrected chi connectivity index (χ4v) is 1.35. The van der Waals surface area contributed by atoms with Crippen molar-refractivity contribution in [2.24, 2.45) is 7.05 Å². The van der Waals surface area contributed by atoms with Crippen LogP contribution in [0.1, 0.15) is 17.3 Å². The van der Waals surface area contributed by atoms with Crippen molar-refractivity contribution in [2.45, 2.75) is 6.92 Å². The van der Waals surface area contributed by atoms with Gasteiger partial charge in [-0.2, -0.15) is 5.10 Å². The van der Waals surface area contributed by atoms with Crippen molar-refractivity contribution in [2.75, 3.05) is 0 Å². The van der Waals surface area contributed by atoms with Crippen molar-refractivity contribution in [3.05, 3.63) is 24.0 Å². The number of hydrogen-bond acceptors (Lipinski definition) is 3. The van der Waals surface area contributed by atoms with Crippen molar-refractivity contribution in [3.63, 3.8) is 0 Å². The van der Waals surface area contributed by atoms with Gasteiger partial charge in [0.1, 0.15) is 0 Å². The summed E-state index contributed by atoms with van der Waals surface area (Å²) in [4.78, 5) is 15.3. The van der Waals surface area contributed by atoms with E-state index in [1.807, 2.05) is 0 Å². The molecule has 0 aliphatic heterocycles. The first-order valence-electron chi connectivity index (χ1n) is 3.98. The lowest BCUT2D eigenvalue weighted by Gasteiger charge is -1.96. The summed E-state index contributed by atoms with van der Waals surface area (Å²) in [6.45, 7) is 1.54. The summed E-state index contributed by atoms with van der Waals surface area (Å²) in [5.41, 5.74) is 1.42. The molecule has 0 bridgehead atoms. The van der Waals surface area contributed by atoms with Crippen LogP contribution in [-0.4, -0.2) is 20.5 Å². The molecule has 2 rings (SSSR count). The third-order valence-corrected chi connectivity index (χ3v) is 2.01. The van der Waals surface area contributed by atoms with Gasteiger partial charge in [0.2, 0.25) is 0 Å². The van der Waals surface area contributed by atoms with E-state index in [0.29, 0.717) is 5.56 Å². The fourth-order valence-electron chi connectivity index (χ4n) is 1.35. The molecular weight excluding hydrogens is 166 g/mol. The number of carbonyl (C=O) groups excluding carboxylic acids is 1. The van der Waals surface area contributed by atoms with Crippen molar-refractivity contribution in [1.82, 2.24) is 14.8 Å². The van der Waals surface area contributed by atoms with Crippen LogP contribution >= 0.6 is 0 Å². The Kier molecular flexibility index (Phi) is 1.62. The van der Waals surface area contributed by atoms with E-state index in [2.05, 4.69) is 10.1 Å². The van der Waals surface area contributed by atoms with Crippen LogP contribution in [0.25, 0.3) is 11.0 Å². The molecule has 2 aromatic heterocycles. The zero-order valence-corrected chi connectivity index (χ0v) is 7.48. The number of aromatic nitrogens is 3. The summed E-state index contributed by atoms with van der Waals surface area (Å²) < 4.78 is 1.65. The third kappa shape index (κ3) is 1.11. The maximum Gasteiger partial charge on any atom is 0.160 e. The molecule has 2 heterocycles. The highest BCUT2D eigenvalue weighted by Gasteiger charge is 2.08. The molecule has 0 radical (unpaired) electrons. The normalized spacial score (nSPS) is 10.6. The SMILES string of the molecule is CC(=O)c1ccnc2c1cnn2C. The molecule has 0 unspecified atom stereocenters. The van der Waals surface area contributed by atoms with Crippen molar-refractivity contribution in [3.8, 4) is 0 Å². The highest BCUT2D eigenvalue weighted by Crippen LogP contribution is 2.15. The quantitative estimate of drug-likeness (QED) is 0.611. The summed E-state index contributed by atoms with van der Waals surface area (Å²) in [6, 6.07) is 1.71. The molecule has 4 nitrogen and oxygen atoms in total. The number of hydrogen-bond donors (Lipinski definition) is 0. The van der Waals surface area contributed by atoms with E-state index in [9.17, 15) is 4.79 Å². The zero-order chi connectivity index (χ0) is 9.42. The Morgan fingerprint density at radius 3 is 3.00 bits per heavy atom. The van der Waals surface area contributed by atoms with E-state index in [0.717, 1.165) is 11.0 Å². The van der Waals surface area contributed by atoms with Gasteiger partial charge in [-0.15, -0.1) is 0 Å². The van der Waals surface area contributed by atoms with Gasteiger partial charge in [0.15, 0.2) is 11.4 Å². The lowest BCUT2D eigenvalue weighted by molar-refractivity contribution is 0.101. The number of aryl methyl sites for hydroxylation is 1. The minimum absolute atomic E-state index is 0.0420. The predicted molar refractivity (Wildman–Crippen MR) is 48.5 cm³/mol. The van der Waals surface area contributed by atoms with Crippen LogP contribution in [0.5, 0.6) is 0 Å². The molecule has 0 aliphatic carbocycles. The first-order valence-corrected chi connectivity index (χ1v) is 3.98. The zero-order valence-electron chi connectivity index (χ0n) is 7.48. The molecule has 2 aromatic rings. The monoisotopic (exact) mass is 175 g/mol. The molecule has 4 heteroatoms. The van der Waals surface area contributed by atoms with Gasteiger partial charge in [0.05, 0.1) is 6.20 Å². The Hall–Kier alpha value is -1.71. The number of rotatable bonds is 1. The van der Waals surface area contributed by atoms with E-state index < -0.39 is 0 Å². The van der Waals surface area contributed by atoms with Crippen LogP contribution in [0.3, 0.4) is 0 Å². The number of fused-ring (bicyclic) bond motifs is 1. The molecule has 66 valence electrons. The second-order valence-electron chi connectivity index (χ2n) is 2.92. The van der Waals surface area contributed by atoms with Crippen LogP contribution in [0.15, 0.2) is 18.5 Å². The van der Waals surface area contributed by atoms with Gasteiger partial charge in [-0.25, -0.2) is 4.98 Å². The van der Waals surface area contributed by atoms with Gasteiger partial charge in [0, 0.05) is 24.2 Å². The Labute approximate surface area is 75.2 Å². The van der Waals surface area contributed by atoms with E-state index in [4.69, 9.17) is 0 Å². The molecule has 13 heavy (non-hydrogen) atoms. The topological polar surface area (TPSA) is 47.8 Å². The average molecular weight is 175 g/mol. The Morgan fingerprint density at radius 1 is 1.54 bits per heavy atom. The van der Waals surface area contributed by atoms with E-state index in [1.165, 1.54) is 0 Å². The average Bonchev–Trinajstić information content (AvgIpc) is 2.48. The maximum atomic E-state index is 11.2. The maximum absolute atomic E-state index is 11.2. The highest BCUT2D eigenvalue weighted by molar-refractivity contribution is 6.05. The van der Waals surface area contributed by atoms with Gasteiger partial charge in [-0.1, -0.05) is 0 Å². The number of nitrogens with zero attached hydrogens (tertiary/aromatic N) is 3. The molecule has 0 aromatic carbocycles. The predicted octanol–water partition coefficient (Wildman–Crippen LogP) is 1.17. The number of ketones is 1. The van der Waals surface area contributed by atoms with Gasteiger partial charge in [-0.3, -0.25) is 9.48 Å².